The van der Waals surface area contributed by atoms with Crippen LogP contribution in [0.4, 0.5) is 0 Å². The minimum Gasteiger partial charge on any atom is -0.347 e. The highest BCUT2D eigenvalue weighted by atomic mass is 127. The molecular weight excluding hydrogens is 449 g/mol. The molecule has 0 spiro atoms. The van der Waals surface area contributed by atoms with Crippen LogP contribution in [0.2, 0.25) is 0 Å². The van der Waals surface area contributed by atoms with E-state index >= 15 is 0 Å². The lowest BCUT2D eigenvalue weighted by Gasteiger charge is -2.36. The standard InChI is InChI=1S/C14H17BrIN3O2/c1-18(2)14(21)12-8-17-5-6-19(12)13(20)10-7-9(15)3-4-11(10)16/h3-4,7,12,17H,5-6,8H2,1-2H3. The van der Waals surface area contributed by atoms with E-state index in [1.54, 1.807) is 19.0 Å². The second-order valence-electron chi connectivity index (χ2n) is 5.08. The maximum atomic E-state index is 12.8. The largest absolute Gasteiger partial charge is 0.347 e. The summed E-state index contributed by atoms with van der Waals surface area (Å²) in [5.41, 5.74) is 0.628. The fourth-order valence-corrected chi connectivity index (χ4v) is 3.21. The van der Waals surface area contributed by atoms with Crippen molar-refractivity contribution in [2.24, 2.45) is 0 Å². The molecule has 1 unspecified atom stereocenters. The Labute approximate surface area is 146 Å². The Morgan fingerprint density at radius 1 is 1.43 bits per heavy atom. The summed E-state index contributed by atoms with van der Waals surface area (Å²) >= 11 is 5.54. The Bertz CT molecular complexity index is 565. The summed E-state index contributed by atoms with van der Waals surface area (Å²) in [6.07, 6.45) is 0. The van der Waals surface area contributed by atoms with Gasteiger partial charge in [0.2, 0.25) is 5.91 Å². The Balaban J connectivity index is 2.30. The number of rotatable bonds is 2. The van der Waals surface area contributed by atoms with Gasteiger partial charge in [-0.25, -0.2) is 0 Å². The molecular formula is C14H17BrIN3O2. The van der Waals surface area contributed by atoms with Crippen molar-refractivity contribution in [3.63, 3.8) is 0 Å². The summed E-state index contributed by atoms with van der Waals surface area (Å²) in [5, 5.41) is 3.18. The first-order chi connectivity index (χ1) is 9.91. The molecule has 0 bridgehead atoms. The first kappa shape index (κ1) is 16.7. The summed E-state index contributed by atoms with van der Waals surface area (Å²) in [7, 11) is 3.42. The van der Waals surface area contributed by atoms with Gasteiger partial charge >= 0.3 is 0 Å². The maximum absolute atomic E-state index is 12.8. The third-order valence-corrected chi connectivity index (χ3v) is 4.82. The molecule has 0 aliphatic carbocycles. The van der Waals surface area contributed by atoms with Crippen molar-refractivity contribution in [1.29, 1.82) is 0 Å². The molecule has 1 aromatic rings. The molecule has 1 aliphatic rings. The first-order valence-electron chi connectivity index (χ1n) is 6.59. The van der Waals surface area contributed by atoms with Crippen molar-refractivity contribution >= 4 is 50.3 Å². The highest BCUT2D eigenvalue weighted by Gasteiger charge is 2.34. The number of nitrogens with zero attached hydrogens (tertiary/aromatic N) is 2. The highest BCUT2D eigenvalue weighted by Crippen LogP contribution is 2.21. The van der Waals surface area contributed by atoms with E-state index in [1.807, 2.05) is 18.2 Å². The number of benzene rings is 1. The number of halogens is 2. The van der Waals surface area contributed by atoms with Gasteiger partial charge in [0, 0.05) is 41.8 Å². The third kappa shape index (κ3) is 3.75. The molecule has 7 heteroatoms. The average molecular weight is 466 g/mol. The van der Waals surface area contributed by atoms with Crippen LogP contribution in [0, 0.1) is 3.57 Å². The van der Waals surface area contributed by atoms with Crippen molar-refractivity contribution in [2.45, 2.75) is 6.04 Å². The zero-order chi connectivity index (χ0) is 15.6. The monoisotopic (exact) mass is 465 g/mol. The Kier molecular flexibility index (Phi) is 5.61. The quantitative estimate of drug-likeness (QED) is 0.674. The summed E-state index contributed by atoms with van der Waals surface area (Å²) < 4.78 is 1.74. The smallest absolute Gasteiger partial charge is 0.255 e. The number of hydrogen-bond donors (Lipinski definition) is 1. The number of piperazine rings is 1. The lowest BCUT2D eigenvalue weighted by molar-refractivity contribution is -0.134. The molecule has 5 nitrogen and oxygen atoms in total. The van der Waals surface area contributed by atoms with Crippen molar-refractivity contribution in [3.05, 3.63) is 31.8 Å². The predicted octanol–water partition coefficient (Wildman–Crippen LogP) is 1.56. The van der Waals surface area contributed by atoms with Crippen LogP contribution in [-0.2, 0) is 4.79 Å². The van der Waals surface area contributed by atoms with E-state index in [0.717, 1.165) is 8.04 Å². The number of likely N-dealkylation sites (N-methyl/N-ethyl adjacent to an activating group) is 1. The number of hydrogen-bond acceptors (Lipinski definition) is 3. The average Bonchev–Trinajstić information content (AvgIpc) is 2.48. The topological polar surface area (TPSA) is 52.7 Å². The van der Waals surface area contributed by atoms with Gasteiger partial charge in [-0.2, -0.15) is 0 Å². The van der Waals surface area contributed by atoms with E-state index in [-0.39, 0.29) is 11.8 Å². The summed E-state index contributed by atoms with van der Waals surface area (Å²) in [6, 6.07) is 5.15. The normalized spacial score (nSPS) is 18.5. The van der Waals surface area contributed by atoms with Crippen molar-refractivity contribution in [2.75, 3.05) is 33.7 Å². The lowest BCUT2D eigenvalue weighted by Crippen LogP contribution is -2.59. The van der Waals surface area contributed by atoms with E-state index in [9.17, 15) is 9.59 Å². The fourth-order valence-electron chi connectivity index (χ4n) is 2.28. The molecule has 21 heavy (non-hydrogen) atoms. The van der Waals surface area contributed by atoms with Crippen LogP contribution >= 0.6 is 38.5 Å². The Morgan fingerprint density at radius 3 is 2.81 bits per heavy atom. The minimum absolute atomic E-state index is 0.0550. The SMILES string of the molecule is CN(C)C(=O)C1CNCCN1C(=O)c1cc(Br)ccc1I. The zero-order valence-electron chi connectivity index (χ0n) is 11.9. The summed E-state index contributed by atoms with van der Waals surface area (Å²) in [6.45, 7) is 1.73. The van der Waals surface area contributed by atoms with E-state index in [4.69, 9.17) is 0 Å². The van der Waals surface area contributed by atoms with Gasteiger partial charge in [-0.1, -0.05) is 15.9 Å². The molecule has 114 valence electrons. The highest BCUT2D eigenvalue weighted by molar-refractivity contribution is 14.1. The van der Waals surface area contributed by atoms with Gasteiger partial charge in [-0.05, 0) is 40.8 Å². The summed E-state index contributed by atoms with van der Waals surface area (Å²) in [4.78, 5) is 28.3. The predicted molar refractivity (Wildman–Crippen MR) is 93.2 cm³/mol. The second kappa shape index (κ2) is 7.06. The van der Waals surface area contributed by atoms with E-state index < -0.39 is 6.04 Å². The molecule has 1 aliphatic heterocycles. The molecule has 1 saturated heterocycles. The molecule has 1 aromatic carbocycles. The molecule has 1 fully saturated rings. The van der Waals surface area contributed by atoms with Gasteiger partial charge in [0.05, 0.1) is 5.56 Å². The third-order valence-electron chi connectivity index (χ3n) is 3.39. The van der Waals surface area contributed by atoms with Crippen LogP contribution < -0.4 is 5.32 Å². The van der Waals surface area contributed by atoms with Crippen molar-refractivity contribution < 1.29 is 9.59 Å². The Hall–Kier alpha value is -0.670. The zero-order valence-corrected chi connectivity index (χ0v) is 15.6. The number of carbonyl (C=O) groups excluding carboxylic acids is 2. The number of carbonyl (C=O) groups is 2. The molecule has 2 rings (SSSR count). The van der Waals surface area contributed by atoms with E-state index in [1.165, 1.54) is 4.90 Å². The molecule has 0 radical (unpaired) electrons. The molecule has 0 aromatic heterocycles. The van der Waals surface area contributed by atoms with Gasteiger partial charge < -0.3 is 15.1 Å². The number of nitrogens with one attached hydrogen (secondary N) is 1. The van der Waals surface area contributed by atoms with Gasteiger partial charge in [-0.3, -0.25) is 9.59 Å². The van der Waals surface area contributed by atoms with Gasteiger partial charge in [0.25, 0.3) is 5.91 Å². The fraction of sp³-hybridized carbons (Fsp3) is 0.429. The van der Waals surface area contributed by atoms with Crippen LogP contribution in [0.1, 0.15) is 10.4 Å². The second-order valence-corrected chi connectivity index (χ2v) is 7.15. The van der Waals surface area contributed by atoms with Crippen molar-refractivity contribution in [1.82, 2.24) is 15.1 Å². The van der Waals surface area contributed by atoms with Crippen LogP contribution in [0.25, 0.3) is 0 Å². The van der Waals surface area contributed by atoms with Crippen LogP contribution in [-0.4, -0.2) is 61.4 Å². The van der Waals surface area contributed by atoms with Crippen LogP contribution in [0.15, 0.2) is 22.7 Å². The van der Waals surface area contributed by atoms with E-state index in [2.05, 4.69) is 43.8 Å². The molecule has 1 N–H and O–H groups in total. The lowest BCUT2D eigenvalue weighted by atomic mass is 10.1. The molecule has 1 atom stereocenters. The molecule has 1 heterocycles. The summed E-state index contributed by atoms with van der Waals surface area (Å²) in [5.74, 6) is -0.150. The van der Waals surface area contributed by atoms with Crippen LogP contribution in [0.3, 0.4) is 0 Å². The van der Waals surface area contributed by atoms with Crippen LogP contribution in [0.5, 0.6) is 0 Å². The van der Waals surface area contributed by atoms with Gasteiger partial charge in [-0.15, -0.1) is 0 Å². The van der Waals surface area contributed by atoms with Crippen molar-refractivity contribution in [3.8, 4) is 0 Å². The van der Waals surface area contributed by atoms with Gasteiger partial charge in [0.1, 0.15) is 6.04 Å². The number of amides is 2. The maximum Gasteiger partial charge on any atom is 0.255 e. The first-order valence-corrected chi connectivity index (χ1v) is 8.47. The van der Waals surface area contributed by atoms with Gasteiger partial charge in [0.15, 0.2) is 0 Å². The Morgan fingerprint density at radius 2 is 2.14 bits per heavy atom. The molecule has 0 saturated carbocycles. The van der Waals surface area contributed by atoms with E-state index in [0.29, 0.717) is 25.2 Å². The minimum atomic E-state index is -0.448. The molecule has 2 amide bonds.